The van der Waals surface area contributed by atoms with Crippen molar-refractivity contribution in [3.8, 4) is 51.0 Å². The van der Waals surface area contributed by atoms with Gasteiger partial charge in [0.1, 0.15) is 11.5 Å². The molecule has 0 amide bonds. The summed E-state index contributed by atoms with van der Waals surface area (Å²) in [4.78, 5) is 14.7. The van der Waals surface area contributed by atoms with E-state index < -0.39 is 0 Å². The van der Waals surface area contributed by atoms with Gasteiger partial charge in [-0.15, -0.1) is 0 Å². The molecule has 0 radical (unpaired) electrons. The van der Waals surface area contributed by atoms with Crippen molar-refractivity contribution in [2.24, 2.45) is 0 Å². The molecule has 0 fully saturated rings. The number of allylic oxidation sites excluding steroid dienone is 3. The Bertz CT molecular complexity index is 2510. The van der Waals surface area contributed by atoms with E-state index in [1.54, 1.807) is 0 Å². The molecule has 0 saturated carbocycles. The number of aromatic nitrogens is 4. The molecule has 0 bridgehead atoms. The lowest BCUT2D eigenvalue weighted by Gasteiger charge is -2.11. The smallest absolute Gasteiger partial charge is 0.164 e. The van der Waals surface area contributed by atoms with E-state index in [4.69, 9.17) is 19.7 Å². The quantitative estimate of drug-likeness (QED) is 0.190. The molecular formula is C44H28N4O. The van der Waals surface area contributed by atoms with Gasteiger partial charge in [0.05, 0.1) is 22.6 Å². The summed E-state index contributed by atoms with van der Waals surface area (Å²) >= 11 is 0. The molecule has 5 heteroatoms. The second kappa shape index (κ2) is 11.0. The Kier molecular flexibility index (Phi) is 6.18. The van der Waals surface area contributed by atoms with Crippen molar-refractivity contribution in [1.82, 2.24) is 19.5 Å². The number of fused-ring (bicyclic) bond motifs is 6. The predicted molar refractivity (Wildman–Crippen MR) is 197 cm³/mol. The third kappa shape index (κ3) is 4.44. The molecular weight excluding hydrogens is 601 g/mol. The van der Waals surface area contributed by atoms with Gasteiger partial charge in [-0.1, -0.05) is 140 Å². The first-order valence-electron chi connectivity index (χ1n) is 16.5. The van der Waals surface area contributed by atoms with Gasteiger partial charge in [-0.05, 0) is 35.4 Å². The molecule has 2 aromatic heterocycles. The highest BCUT2D eigenvalue weighted by Crippen LogP contribution is 2.52. The number of rotatable bonds is 5. The highest BCUT2D eigenvalue weighted by molar-refractivity contribution is 6.10. The van der Waals surface area contributed by atoms with Crippen LogP contribution in [0.2, 0.25) is 0 Å². The summed E-state index contributed by atoms with van der Waals surface area (Å²) in [5, 5.41) is 2.48. The SMILES string of the molecule is C1=CC2C(=C1n1c3ccccc3c3ccccc31)Oc1cccc(-c3ccc(-c4nc(-c5ccccc5)nc(-c5ccccc5)n4)cc3)c12. The number of ether oxygens (including phenoxy) is 1. The van der Waals surface area contributed by atoms with Crippen LogP contribution in [-0.2, 0) is 0 Å². The molecule has 0 N–H and O–H groups in total. The highest BCUT2D eigenvalue weighted by Gasteiger charge is 2.36. The summed E-state index contributed by atoms with van der Waals surface area (Å²) < 4.78 is 9.05. The Morgan fingerprint density at radius 3 is 1.57 bits per heavy atom. The molecule has 1 aliphatic carbocycles. The van der Waals surface area contributed by atoms with Crippen molar-refractivity contribution in [3.63, 3.8) is 0 Å². The Morgan fingerprint density at radius 2 is 0.980 bits per heavy atom. The minimum absolute atomic E-state index is 0.0335. The minimum atomic E-state index is 0.0335. The van der Waals surface area contributed by atoms with E-state index in [1.165, 1.54) is 27.4 Å². The molecule has 0 saturated heterocycles. The van der Waals surface area contributed by atoms with E-state index in [0.29, 0.717) is 17.5 Å². The molecule has 49 heavy (non-hydrogen) atoms. The molecule has 10 rings (SSSR count). The minimum Gasteiger partial charge on any atom is -0.458 e. The fraction of sp³-hybridized carbons (Fsp3) is 0.0227. The Morgan fingerprint density at radius 1 is 0.469 bits per heavy atom. The van der Waals surface area contributed by atoms with Crippen LogP contribution in [0.15, 0.2) is 170 Å². The van der Waals surface area contributed by atoms with Gasteiger partial charge in [-0.25, -0.2) is 15.0 Å². The fourth-order valence-corrected chi connectivity index (χ4v) is 7.29. The Labute approximate surface area is 283 Å². The second-order valence-corrected chi connectivity index (χ2v) is 12.4. The van der Waals surface area contributed by atoms with Gasteiger partial charge >= 0.3 is 0 Å². The normalized spacial score (nSPS) is 14.7. The molecule has 2 aliphatic rings. The summed E-state index contributed by atoms with van der Waals surface area (Å²) in [5.74, 6) is 3.85. The lowest BCUT2D eigenvalue weighted by molar-refractivity contribution is 0.442. The van der Waals surface area contributed by atoms with Crippen LogP contribution < -0.4 is 4.74 Å². The average molecular weight is 629 g/mol. The first-order valence-corrected chi connectivity index (χ1v) is 16.5. The molecule has 1 unspecified atom stereocenters. The van der Waals surface area contributed by atoms with Crippen LogP contribution >= 0.6 is 0 Å². The van der Waals surface area contributed by atoms with Crippen molar-refractivity contribution in [1.29, 1.82) is 0 Å². The first kappa shape index (κ1) is 27.5. The van der Waals surface area contributed by atoms with Crippen LogP contribution in [0.4, 0.5) is 0 Å². The average Bonchev–Trinajstić information content (AvgIpc) is 3.86. The number of nitrogens with zero attached hydrogens (tertiary/aromatic N) is 4. The van der Waals surface area contributed by atoms with Gasteiger partial charge in [-0.2, -0.15) is 0 Å². The van der Waals surface area contributed by atoms with E-state index in [2.05, 4.69) is 108 Å². The number of para-hydroxylation sites is 2. The van der Waals surface area contributed by atoms with Gasteiger partial charge in [0, 0.05) is 33.0 Å². The maximum atomic E-state index is 6.70. The molecule has 230 valence electrons. The van der Waals surface area contributed by atoms with Crippen LogP contribution in [0.3, 0.4) is 0 Å². The lowest BCUT2D eigenvalue weighted by Crippen LogP contribution is -2.01. The summed E-state index contributed by atoms with van der Waals surface area (Å²) in [6, 6.07) is 52.2. The third-order valence-corrected chi connectivity index (χ3v) is 9.55. The Hall–Kier alpha value is -6.59. The predicted octanol–water partition coefficient (Wildman–Crippen LogP) is 10.6. The van der Waals surface area contributed by atoms with Crippen molar-refractivity contribution in [3.05, 3.63) is 175 Å². The summed E-state index contributed by atoms with van der Waals surface area (Å²) in [7, 11) is 0. The molecule has 8 aromatic rings. The van der Waals surface area contributed by atoms with Gasteiger partial charge < -0.3 is 9.30 Å². The van der Waals surface area contributed by atoms with E-state index >= 15 is 0 Å². The highest BCUT2D eigenvalue weighted by atomic mass is 16.5. The first-order chi connectivity index (χ1) is 24.3. The summed E-state index contributed by atoms with van der Waals surface area (Å²) in [6.07, 6.45) is 4.50. The van der Waals surface area contributed by atoms with Crippen LogP contribution in [0, 0.1) is 0 Å². The Balaban J connectivity index is 1.04. The van der Waals surface area contributed by atoms with Gasteiger partial charge in [-0.3, -0.25) is 0 Å². The van der Waals surface area contributed by atoms with E-state index in [9.17, 15) is 0 Å². The van der Waals surface area contributed by atoms with Crippen LogP contribution in [0.1, 0.15) is 11.5 Å². The standard InChI is InChI=1S/C44H28N4O/c1-3-12-29(13-4-1)42-45-43(30-14-5-2-6-15-30)47-44(46-42)31-24-22-28(23-25-31)32-18-11-21-39-40(32)35-26-27-38(41(35)49-39)48-36-19-9-7-16-33(36)34-17-8-10-20-37(34)48/h1-27,35H. The molecule has 1 atom stereocenters. The molecule has 0 spiro atoms. The van der Waals surface area contributed by atoms with E-state index in [0.717, 1.165) is 45.0 Å². The lowest BCUT2D eigenvalue weighted by atomic mass is 9.91. The zero-order valence-corrected chi connectivity index (χ0v) is 26.4. The van der Waals surface area contributed by atoms with Crippen molar-refractivity contribution < 1.29 is 4.74 Å². The third-order valence-electron chi connectivity index (χ3n) is 9.55. The van der Waals surface area contributed by atoms with Gasteiger partial charge in [0.15, 0.2) is 17.5 Å². The second-order valence-electron chi connectivity index (χ2n) is 12.4. The van der Waals surface area contributed by atoms with Gasteiger partial charge in [0.2, 0.25) is 0 Å². The van der Waals surface area contributed by atoms with Crippen molar-refractivity contribution in [2.75, 3.05) is 0 Å². The monoisotopic (exact) mass is 628 g/mol. The van der Waals surface area contributed by atoms with Crippen LogP contribution in [-0.4, -0.2) is 19.5 Å². The van der Waals surface area contributed by atoms with E-state index in [1.807, 2.05) is 60.7 Å². The maximum Gasteiger partial charge on any atom is 0.164 e. The molecule has 6 aromatic carbocycles. The molecule has 5 nitrogen and oxygen atoms in total. The number of benzene rings is 6. The number of hydrogen-bond donors (Lipinski definition) is 0. The molecule has 3 heterocycles. The number of hydrogen-bond acceptors (Lipinski definition) is 4. The van der Waals surface area contributed by atoms with Crippen LogP contribution in [0.25, 0.3) is 72.8 Å². The van der Waals surface area contributed by atoms with E-state index in [-0.39, 0.29) is 5.92 Å². The largest absolute Gasteiger partial charge is 0.458 e. The van der Waals surface area contributed by atoms with Crippen molar-refractivity contribution in [2.45, 2.75) is 5.92 Å². The zero-order chi connectivity index (χ0) is 32.3. The van der Waals surface area contributed by atoms with Crippen LogP contribution in [0.5, 0.6) is 5.75 Å². The summed E-state index contributed by atoms with van der Waals surface area (Å²) in [5.41, 5.74) is 9.73. The van der Waals surface area contributed by atoms with Gasteiger partial charge in [0.25, 0.3) is 0 Å². The molecule has 1 aliphatic heterocycles. The maximum absolute atomic E-state index is 6.70. The topological polar surface area (TPSA) is 52.8 Å². The fourth-order valence-electron chi connectivity index (χ4n) is 7.29. The van der Waals surface area contributed by atoms with Crippen molar-refractivity contribution >= 4 is 27.5 Å². The zero-order valence-electron chi connectivity index (χ0n) is 26.4. The summed E-state index contributed by atoms with van der Waals surface area (Å²) in [6.45, 7) is 0.